The molecule has 0 fully saturated rings. The lowest BCUT2D eigenvalue weighted by Crippen LogP contribution is -2.07. The lowest BCUT2D eigenvalue weighted by molar-refractivity contribution is 0.560. The van der Waals surface area contributed by atoms with Crippen LogP contribution in [-0.4, -0.2) is 57.2 Å². The summed E-state index contributed by atoms with van der Waals surface area (Å²) >= 11 is 0. The standard InChI is InChI=1S/C63H54N6O3/c1-67(2)52-31-25-46(26-32-52)58-61(49-16-10-7-11-17-49)70-55(64-58)37-22-43-40-44(23-38-56-65-59(47-27-33-53(34-28-47)68(3)4)62(71-56)50-18-12-8-13-19-50)42-45(41-43)24-39-57-66-60(48-29-35-54(36-30-48)69(5)6)63(72-57)51-20-14-9-15-21-51/h7-42H,1-6H3. The molecule has 3 aromatic heterocycles. The van der Waals surface area contributed by atoms with E-state index in [1.807, 2.05) is 170 Å². The molecule has 0 amide bonds. The highest BCUT2D eigenvalue weighted by Crippen LogP contribution is 2.37. The van der Waals surface area contributed by atoms with Crippen LogP contribution in [0.15, 0.2) is 195 Å². The van der Waals surface area contributed by atoms with Crippen molar-refractivity contribution in [1.29, 1.82) is 0 Å². The maximum absolute atomic E-state index is 6.55. The molecular formula is C63H54N6O3. The van der Waals surface area contributed by atoms with Crippen LogP contribution in [0.25, 0.3) is 104 Å². The normalized spacial score (nSPS) is 11.6. The minimum Gasteiger partial charge on any atom is -0.436 e. The molecule has 0 bridgehead atoms. The molecule has 7 aromatic carbocycles. The van der Waals surface area contributed by atoms with Gasteiger partial charge in [-0.1, -0.05) is 127 Å². The second kappa shape index (κ2) is 20.8. The van der Waals surface area contributed by atoms with Gasteiger partial charge in [0.15, 0.2) is 17.3 Å². The van der Waals surface area contributed by atoms with Gasteiger partial charge in [-0.05, 0) is 89.5 Å². The van der Waals surface area contributed by atoms with Crippen LogP contribution >= 0.6 is 0 Å². The summed E-state index contributed by atoms with van der Waals surface area (Å²) in [6.45, 7) is 0. The Kier molecular flexibility index (Phi) is 13.4. The fraction of sp³-hybridized carbons (Fsp3) is 0.0952. The van der Waals surface area contributed by atoms with Crippen molar-refractivity contribution in [1.82, 2.24) is 15.0 Å². The van der Waals surface area contributed by atoms with E-state index in [2.05, 4.69) is 106 Å². The second-order valence-electron chi connectivity index (χ2n) is 18.0. The van der Waals surface area contributed by atoms with Gasteiger partial charge in [-0.25, -0.2) is 15.0 Å². The zero-order valence-electron chi connectivity index (χ0n) is 41.2. The van der Waals surface area contributed by atoms with Gasteiger partial charge < -0.3 is 28.0 Å². The van der Waals surface area contributed by atoms with Crippen molar-refractivity contribution in [2.24, 2.45) is 0 Å². The number of aromatic nitrogens is 3. The molecule has 9 nitrogen and oxygen atoms in total. The van der Waals surface area contributed by atoms with Crippen molar-refractivity contribution in [2.45, 2.75) is 0 Å². The Morgan fingerprint density at radius 1 is 0.292 bits per heavy atom. The third-order valence-electron chi connectivity index (χ3n) is 12.3. The van der Waals surface area contributed by atoms with Crippen LogP contribution in [0.2, 0.25) is 0 Å². The molecule has 0 spiro atoms. The fourth-order valence-electron chi connectivity index (χ4n) is 8.41. The first-order valence-electron chi connectivity index (χ1n) is 23.8. The van der Waals surface area contributed by atoms with Crippen LogP contribution < -0.4 is 14.7 Å². The predicted molar refractivity (Wildman–Crippen MR) is 298 cm³/mol. The van der Waals surface area contributed by atoms with Gasteiger partial charge in [0.2, 0.25) is 17.7 Å². The highest BCUT2D eigenvalue weighted by molar-refractivity contribution is 5.84. The minimum absolute atomic E-state index is 0.484. The molecule has 0 unspecified atom stereocenters. The molecule has 0 atom stereocenters. The SMILES string of the molecule is CN(C)c1ccc(-c2nc(C=Cc3cc(C=Cc4nc(-c5ccc(N(C)C)cc5)c(-c5ccccc5)o4)cc(C=Cc4nc(-c5ccc(N(C)C)cc5)c(-c5ccccc5)o4)c3)oc2-c2ccccc2)cc1. The molecule has 10 aromatic rings. The van der Waals surface area contributed by atoms with Gasteiger partial charge in [-0.15, -0.1) is 0 Å². The Bertz CT molecular complexity index is 3120. The van der Waals surface area contributed by atoms with E-state index in [0.717, 1.165) is 84.2 Å². The average molecular weight is 943 g/mol. The second-order valence-corrected chi connectivity index (χ2v) is 18.0. The Morgan fingerprint density at radius 3 is 0.778 bits per heavy atom. The van der Waals surface area contributed by atoms with E-state index in [-0.39, 0.29) is 0 Å². The topological polar surface area (TPSA) is 87.8 Å². The first-order valence-corrected chi connectivity index (χ1v) is 23.8. The Hall–Kier alpha value is -9.21. The monoisotopic (exact) mass is 942 g/mol. The van der Waals surface area contributed by atoms with Crippen molar-refractivity contribution in [3.63, 3.8) is 0 Å². The molecule has 0 saturated carbocycles. The van der Waals surface area contributed by atoms with Crippen LogP contribution in [0.4, 0.5) is 17.1 Å². The van der Waals surface area contributed by atoms with Crippen molar-refractivity contribution in [3.05, 3.63) is 216 Å². The number of anilines is 3. The smallest absolute Gasteiger partial charge is 0.220 e. The summed E-state index contributed by atoms with van der Waals surface area (Å²) in [7, 11) is 12.2. The van der Waals surface area contributed by atoms with E-state index in [4.69, 9.17) is 28.2 Å². The first-order chi connectivity index (χ1) is 35.1. The molecule has 3 heterocycles. The van der Waals surface area contributed by atoms with Gasteiger partial charge in [0.05, 0.1) is 0 Å². The molecule has 0 aliphatic heterocycles. The molecule has 9 heteroatoms. The van der Waals surface area contributed by atoms with E-state index in [1.54, 1.807) is 0 Å². The van der Waals surface area contributed by atoms with Crippen molar-refractivity contribution in [2.75, 3.05) is 57.0 Å². The maximum atomic E-state index is 6.55. The molecular weight excluding hydrogens is 889 g/mol. The number of hydrogen-bond donors (Lipinski definition) is 0. The Labute approximate surface area is 421 Å². The van der Waals surface area contributed by atoms with E-state index in [1.165, 1.54) is 0 Å². The molecule has 72 heavy (non-hydrogen) atoms. The zero-order chi connectivity index (χ0) is 49.6. The summed E-state index contributed by atoms with van der Waals surface area (Å²) in [6, 6.07) is 61.7. The zero-order valence-corrected chi connectivity index (χ0v) is 41.2. The van der Waals surface area contributed by atoms with Gasteiger partial charge in [0, 0.05) is 111 Å². The van der Waals surface area contributed by atoms with Crippen LogP contribution in [0.5, 0.6) is 0 Å². The summed E-state index contributed by atoms with van der Waals surface area (Å²) < 4.78 is 19.7. The summed E-state index contributed by atoms with van der Waals surface area (Å²) in [6.07, 6.45) is 11.8. The van der Waals surface area contributed by atoms with Crippen LogP contribution in [0.3, 0.4) is 0 Å². The lowest BCUT2D eigenvalue weighted by Gasteiger charge is -2.12. The van der Waals surface area contributed by atoms with Gasteiger partial charge in [-0.2, -0.15) is 0 Å². The Balaban J connectivity index is 1.04. The summed E-state index contributed by atoms with van der Waals surface area (Å²) in [4.78, 5) is 21.4. The molecule has 354 valence electrons. The molecule has 0 radical (unpaired) electrons. The van der Waals surface area contributed by atoms with E-state index < -0.39 is 0 Å². The first kappa shape index (κ1) is 46.5. The van der Waals surface area contributed by atoms with Crippen LogP contribution in [-0.2, 0) is 0 Å². The molecule has 10 rings (SSSR count). The minimum atomic E-state index is 0.484. The number of hydrogen-bond acceptors (Lipinski definition) is 9. The van der Waals surface area contributed by atoms with Crippen molar-refractivity contribution >= 4 is 53.5 Å². The van der Waals surface area contributed by atoms with Gasteiger partial charge in [0.1, 0.15) is 17.1 Å². The predicted octanol–water partition coefficient (Wildman–Crippen LogP) is 15.4. The molecule has 0 N–H and O–H groups in total. The number of nitrogens with zero attached hydrogens (tertiary/aromatic N) is 6. The Morgan fingerprint density at radius 2 is 0.542 bits per heavy atom. The largest absolute Gasteiger partial charge is 0.436 e. The quantitative estimate of drug-likeness (QED) is 0.0997. The number of oxazole rings is 3. The highest BCUT2D eigenvalue weighted by Gasteiger charge is 2.19. The molecule has 0 aliphatic rings. The summed E-state index contributed by atoms with van der Waals surface area (Å²) in [5.41, 5.74) is 14.1. The van der Waals surface area contributed by atoms with Gasteiger partial charge in [-0.3, -0.25) is 0 Å². The number of rotatable bonds is 15. The molecule has 0 saturated heterocycles. The van der Waals surface area contributed by atoms with E-state index in [0.29, 0.717) is 35.0 Å². The fourth-order valence-corrected chi connectivity index (χ4v) is 8.41. The van der Waals surface area contributed by atoms with Crippen molar-refractivity contribution < 1.29 is 13.3 Å². The van der Waals surface area contributed by atoms with E-state index in [9.17, 15) is 0 Å². The summed E-state index contributed by atoms with van der Waals surface area (Å²) in [5.74, 6) is 3.56. The van der Waals surface area contributed by atoms with Crippen LogP contribution in [0, 0.1) is 0 Å². The van der Waals surface area contributed by atoms with E-state index >= 15 is 0 Å². The van der Waals surface area contributed by atoms with Crippen molar-refractivity contribution in [3.8, 4) is 67.7 Å². The average Bonchev–Trinajstić information content (AvgIpc) is 4.18. The highest BCUT2D eigenvalue weighted by atomic mass is 16.4. The summed E-state index contributed by atoms with van der Waals surface area (Å²) in [5, 5.41) is 0. The van der Waals surface area contributed by atoms with Gasteiger partial charge in [0.25, 0.3) is 0 Å². The number of benzene rings is 7. The van der Waals surface area contributed by atoms with Gasteiger partial charge >= 0.3 is 0 Å². The lowest BCUT2D eigenvalue weighted by atomic mass is 10.0. The maximum Gasteiger partial charge on any atom is 0.220 e. The third kappa shape index (κ3) is 10.5. The third-order valence-corrected chi connectivity index (χ3v) is 12.3. The molecule has 0 aliphatic carbocycles. The van der Waals surface area contributed by atoms with Crippen LogP contribution in [0.1, 0.15) is 34.4 Å².